The maximum atomic E-state index is 13.4. The second-order valence-corrected chi connectivity index (χ2v) is 10.9. The fraction of sp³-hybridized carbons (Fsp3) is 0.542. The molecule has 4 rings (SSSR count). The third kappa shape index (κ3) is 4.44. The fourth-order valence-corrected chi connectivity index (χ4v) is 5.21. The highest BCUT2D eigenvalue weighted by Crippen LogP contribution is 2.32. The van der Waals surface area contributed by atoms with Crippen LogP contribution in [0.2, 0.25) is 0 Å². The number of ether oxygens (including phenoxy) is 1. The number of nitrogens with zero attached hydrogens (tertiary/aromatic N) is 4. The molecule has 0 spiro atoms. The van der Waals surface area contributed by atoms with Crippen molar-refractivity contribution in [2.45, 2.75) is 53.1 Å². The van der Waals surface area contributed by atoms with Crippen LogP contribution in [0.3, 0.4) is 0 Å². The van der Waals surface area contributed by atoms with Gasteiger partial charge in [0.15, 0.2) is 5.65 Å². The zero-order valence-electron chi connectivity index (χ0n) is 19.9. The van der Waals surface area contributed by atoms with E-state index in [4.69, 9.17) is 9.72 Å². The molecular formula is C24H33N5O2S. The van der Waals surface area contributed by atoms with Crippen LogP contribution < -0.4 is 5.32 Å². The molecule has 0 atom stereocenters. The van der Waals surface area contributed by atoms with Crippen LogP contribution in [0.5, 0.6) is 0 Å². The summed E-state index contributed by atoms with van der Waals surface area (Å²) in [4.78, 5) is 23.2. The lowest BCUT2D eigenvalue weighted by Gasteiger charge is -2.40. The second-order valence-electron chi connectivity index (χ2n) is 9.40. The van der Waals surface area contributed by atoms with E-state index in [1.165, 1.54) is 9.75 Å². The Labute approximate surface area is 193 Å². The minimum absolute atomic E-state index is 0.0899. The number of nitrogens with one attached hydrogen (secondary N) is 1. The third-order valence-corrected chi connectivity index (χ3v) is 7.13. The van der Waals surface area contributed by atoms with Crippen molar-refractivity contribution in [3.8, 4) is 11.3 Å². The number of carbonyl (C=O) groups excluding carboxylic acids is 1. The van der Waals surface area contributed by atoms with Crippen molar-refractivity contribution in [2.75, 3.05) is 32.8 Å². The summed E-state index contributed by atoms with van der Waals surface area (Å²) in [6.45, 7) is 16.5. The number of thiophene rings is 1. The number of aryl methyl sites for hydroxylation is 2. The minimum Gasteiger partial charge on any atom is -0.379 e. The number of hydrogen-bond donors (Lipinski definition) is 1. The SMILES string of the molecule is Cc1cc(-c2cc(C(=O)NCC(C)(C)N3CCOCC3)c3cnn(C(C)C)c3n2)c(C)s1. The summed E-state index contributed by atoms with van der Waals surface area (Å²) < 4.78 is 7.37. The topological polar surface area (TPSA) is 72.3 Å². The predicted molar refractivity (Wildman–Crippen MR) is 130 cm³/mol. The lowest BCUT2D eigenvalue weighted by atomic mass is 10.0. The lowest BCUT2D eigenvalue weighted by Crippen LogP contribution is -2.55. The molecule has 172 valence electrons. The third-order valence-electron chi connectivity index (χ3n) is 6.17. The number of carbonyl (C=O) groups is 1. The van der Waals surface area contributed by atoms with Crippen LogP contribution in [0, 0.1) is 13.8 Å². The molecule has 0 radical (unpaired) electrons. The zero-order chi connectivity index (χ0) is 23.0. The fourth-order valence-electron chi connectivity index (χ4n) is 4.28. The zero-order valence-corrected chi connectivity index (χ0v) is 20.7. The van der Waals surface area contributed by atoms with Crippen molar-refractivity contribution in [2.24, 2.45) is 0 Å². The molecule has 3 aromatic rings. The normalized spacial score (nSPS) is 15.6. The Morgan fingerprint density at radius 1 is 1.25 bits per heavy atom. The van der Waals surface area contributed by atoms with Crippen LogP contribution in [0.1, 0.15) is 53.8 Å². The van der Waals surface area contributed by atoms with E-state index in [0.29, 0.717) is 12.1 Å². The highest BCUT2D eigenvalue weighted by atomic mass is 32.1. The van der Waals surface area contributed by atoms with Crippen molar-refractivity contribution in [1.82, 2.24) is 25.0 Å². The van der Waals surface area contributed by atoms with E-state index in [2.05, 4.69) is 62.9 Å². The Hall–Kier alpha value is -2.29. The Morgan fingerprint density at radius 3 is 2.59 bits per heavy atom. The first-order valence-electron chi connectivity index (χ1n) is 11.2. The first-order valence-corrected chi connectivity index (χ1v) is 12.1. The van der Waals surface area contributed by atoms with Crippen LogP contribution in [0.25, 0.3) is 22.3 Å². The monoisotopic (exact) mass is 455 g/mol. The molecule has 1 amide bonds. The summed E-state index contributed by atoms with van der Waals surface area (Å²) in [5.41, 5.74) is 3.11. The Morgan fingerprint density at radius 2 is 1.97 bits per heavy atom. The van der Waals surface area contributed by atoms with Crippen LogP contribution >= 0.6 is 11.3 Å². The number of hydrogen-bond acceptors (Lipinski definition) is 6. The van der Waals surface area contributed by atoms with Crippen LogP contribution in [-0.2, 0) is 4.74 Å². The van der Waals surface area contributed by atoms with Crippen molar-refractivity contribution in [3.05, 3.63) is 33.6 Å². The summed E-state index contributed by atoms with van der Waals surface area (Å²) in [6, 6.07) is 4.21. The molecule has 0 aliphatic carbocycles. The molecule has 4 heterocycles. The summed E-state index contributed by atoms with van der Waals surface area (Å²) in [6.07, 6.45) is 1.76. The quantitative estimate of drug-likeness (QED) is 0.603. The lowest BCUT2D eigenvalue weighted by molar-refractivity contribution is -0.00922. The van der Waals surface area contributed by atoms with Crippen LogP contribution in [0.4, 0.5) is 0 Å². The van der Waals surface area contributed by atoms with Gasteiger partial charge in [0.1, 0.15) is 0 Å². The molecule has 8 heteroatoms. The van der Waals surface area contributed by atoms with E-state index < -0.39 is 0 Å². The maximum absolute atomic E-state index is 13.4. The van der Waals surface area contributed by atoms with Crippen LogP contribution in [-0.4, -0.2) is 64.0 Å². The Balaban J connectivity index is 1.69. The summed E-state index contributed by atoms with van der Waals surface area (Å²) in [5, 5.41) is 8.51. The van der Waals surface area contributed by atoms with Gasteiger partial charge in [-0.3, -0.25) is 9.69 Å². The molecule has 0 aromatic carbocycles. The van der Waals surface area contributed by atoms with Gasteiger partial charge in [-0.15, -0.1) is 11.3 Å². The number of aromatic nitrogens is 3. The molecule has 1 aliphatic heterocycles. The van der Waals surface area contributed by atoms with Gasteiger partial charge in [0.2, 0.25) is 0 Å². The average molecular weight is 456 g/mol. The number of fused-ring (bicyclic) bond motifs is 1. The van der Waals surface area contributed by atoms with Crippen molar-refractivity contribution >= 4 is 28.3 Å². The Bertz CT molecular complexity index is 1130. The van der Waals surface area contributed by atoms with Gasteiger partial charge >= 0.3 is 0 Å². The first kappa shape index (κ1) is 22.9. The Kier molecular flexibility index (Phi) is 6.38. The highest BCUT2D eigenvalue weighted by Gasteiger charge is 2.29. The molecule has 1 N–H and O–H groups in total. The summed E-state index contributed by atoms with van der Waals surface area (Å²) in [5.74, 6) is -0.0899. The molecule has 1 fully saturated rings. The van der Waals surface area contributed by atoms with Gasteiger partial charge < -0.3 is 10.1 Å². The van der Waals surface area contributed by atoms with Crippen molar-refractivity contribution in [3.63, 3.8) is 0 Å². The molecular weight excluding hydrogens is 422 g/mol. The molecule has 0 saturated carbocycles. The highest BCUT2D eigenvalue weighted by molar-refractivity contribution is 7.12. The second kappa shape index (κ2) is 8.92. The van der Waals surface area contributed by atoms with Crippen LogP contribution in [0.15, 0.2) is 18.3 Å². The van der Waals surface area contributed by atoms with E-state index in [-0.39, 0.29) is 17.5 Å². The molecule has 1 saturated heterocycles. The standard InChI is InChI=1S/C24H33N5O2S/c1-15(2)29-22-20(13-26-29)19(12-21(27-22)18-11-16(3)32-17(18)4)23(30)25-14-24(5,6)28-7-9-31-10-8-28/h11-13,15H,7-10,14H2,1-6H3,(H,25,30). The molecule has 0 bridgehead atoms. The number of rotatable bonds is 6. The van der Waals surface area contributed by atoms with E-state index in [0.717, 1.165) is 48.6 Å². The predicted octanol–water partition coefficient (Wildman–Crippen LogP) is 4.20. The van der Waals surface area contributed by atoms with Gasteiger partial charge in [0, 0.05) is 46.5 Å². The average Bonchev–Trinajstić information content (AvgIpc) is 3.34. The van der Waals surface area contributed by atoms with Gasteiger partial charge in [0.05, 0.1) is 36.1 Å². The van der Waals surface area contributed by atoms with Gasteiger partial charge in [-0.1, -0.05) is 0 Å². The molecule has 32 heavy (non-hydrogen) atoms. The molecule has 7 nitrogen and oxygen atoms in total. The van der Waals surface area contributed by atoms with Crippen molar-refractivity contribution in [1.29, 1.82) is 0 Å². The van der Waals surface area contributed by atoms with Gasteiger partial charge in [-0.2, -0.15) is 5.10 Å². The number of pyridine rings is 1. The summed E-state index contributed by atoms with van der Waals surface area (Å²) in [7, 11) is 0. The van der Waals surface area contributed by atoms with Crippen molar-refractivity contribution < 1.29 is 9.53 Å². The van der Waals surface area contributed by atoms with Gasteiger partial charge in [-0.25, -0.2) is 9.67 Å². The molecule has 3 aromatic heterocycles. The van der Waals surface area contributed by atoms with Gasteiger partial charge in [-0.05, 0) is 53.7 Å². The number of morpholine rings is 1. The smallest absolute Gasteiger partial charge is 0.252 e. The van der Waals surface area contributed by atoms with E-state index >= 15 is 0 Å². The maximum Gasteiger partial charge on any atom is 0.252 e. The minimum atomic E-state index is -0.155. The first-order chi connectivity index (χ1) is 15.2. The van der Waals surface area contributed by atoms with E-state index in [1.54, 1.807) is 17.5 Å². The van der Waals surface area contributed by atoms with Gasteiger partial charge in [0.25, 0.3) is 5.91 Å². The molecule has 0 unspecified atom stereocenters. The number of amides is 1. The molecule has 1 aliphatic rings. The largest absolute Gasteiger partial charge is 0.379 e. The summed E-state index contributed by atoms with van der Waals surface area (Å²) >= 11 is 1.75. The van der Waals surface area contributed by atoms with E-state index in [9.17, 15) is 4.79 Å². The van der Waals surface area contributed by atoms with E-state index in [1.807, 2.05) is 10.7 Å².